The summed E-state index contributed by atoms with van der Waals surface area (Å²) < 4.78 is 1.76. The van der Waals surface area contributed by atoms with Gasteiger partial charge in [0, 0.05) is 18.4 Å². The Morgan fingerprint density at radius 2 is 2.08 bits per heavy atom. The van der Waals surface area contributed by atoms with Crippen LogP contribution in [0.15, 0.2) is 47.5 Å². The highest BCUT2D eigenvalue weighted by molar-refractivity contribution is 5.33. The lowest BCUT2D eigenvalue weighted by Gasteiger charge is -2.20. The second kappa shape index (κ2) is 7.19. The fourth-order valence-electron chi connectivity index (χ4n) is 3.88. The fourth-order valence-corrected chi connectivity index (χ4v) is 3.88. The normalized spacial score (nSPS) is 20.3. The maximum absolute atomic E-state index is 11.7. The van der Waals surface area contributed by atoms with Crippen LogP contribution >= 0.6 is 0 Å². The molecule has 6 heteroatoms. The Hall–Kier alpha value is -2.47. The molecule has 1 saturated carbocycles. The Labute approximate surface area is 146 Å². The summed E-state index contributed by atoms with van der Waals surface area (Å²) in [7, 11) is 0. The predicted molar refractivity (Wildman–Crippen MR) is 96.3 cm³/mol. The second-order valence-electron chi connectivity index (χ2n) is 6.80. The molecule has 0 radical (unpaired) electrons. The molecule has 0 bridgehead atoms. The Morgan fingerprint density at radius 1 is 1.20 bits per heavy atom. The first-order valence-electron chi connectivity index (χ1n) is 9.00. The fraction of sp³-hybridized carbons (Fsp3) is 0.421. The lowest BCUT2D eigenvalue weighted by atomic mass is 9.95. The van der Waals surface area contributed by atoms with Gasteiger partial charge in [-0.2, -0.15) is 0 Å². The van der Waals surface area contributed by atoms with E-state index >= 15 is 0 Å². The smallest absolute Gasteiger partial charge is 0.293 e. The standard InChI is InChI=1S/C19H23N5O/c25-19-18-23-22-17(24(18)12-11-20-19)13-21-16-8-4-7-15(16)10-9-14-5-2-1-3-6-14/h1-3,5-6,11-12,15-16,21H,4,7-10,13H2,(H,20,25). The van der Waals surface area contributed by atoms with Crippen LogP contribution in [0.1, 0.15) is 37.1 Å². The van der Waals surface area contributed by atoms with Crippen LogP contribution in [0.2, 0.25) is 0 Å². The summed E-state index contributed by atoms with van der Waals surface area (Å²) >= 11 is 0. The molecule has 1 aliphatic rings. The van der Waals surface area contributed by atoms with E-state index in [1.807, 2.05) is 0 Å². The number of aromatic amines is 1. The van der Waals surface area contributed by atoms with Gasteiger partial charge in [-0.05, 0) is 37.2 Å². The SMILES string of the molecule is O=c1[nH]ccn2c(CNC3CCCC3CCc3ccccc3)nnc12. The van der Waals surface area contributed by atoms with Crippen molar-refractivity contribution >= 4 is 5.65 Å². The highest BCUT2D eigenvalue weighted by Gasteiger charge is 2.26. The quantitative estimate of drug-likeness (QED) is 0.724. The molecule has 0 aliphatic heterocycles. The number of rotatable bonds is 6. The Balaban J connectivity index is 1.38. The highest BCUT2D eigenvalue weighted by Crippen LogP contribution is 2.29. The molecule has 4 rings (SSSR count). The van der Waals surface area contributed by atoms with Crippen molar-refractivity contribution in [3.8, 4) is 0 Å². The maximum atomic E-state index is 11.7. The van der Waals surface area contributed by atoms with Crippen LogP contribution in [-0.4, -0.2) is 25.6 Å². The molecule has 0 spiro atoms. The molecule has 25 heavy (non-hydrogen) atoms. The molecule has 0 amide bonds. The molecule has 2 aromatic heterocycles. The van der Waals surface area contributed by atoms with Crippen molar-refractivity contribution in [2.45, 2.75) is 44.7 Å². The zero-order valence-electron chi connectivity index (χ0n) is 14.2. The third-order valence-corrected chi connectivity index (χ3v) is 5.24. The van der Waals surface area contributed by atoms with Crippen molar-refractivity contribution < 1.29 is 0 Å². The van der Waals surface area contributed by atoms with Crippen LogP contribution in [0.5, 0.6) is 0 Å². The first-order valence-corrected chi connectivity index (χ1v) is 9.00. The number of nitrogens with one attached hydrogen (secondary N) is 2. The van der Waals surface area contributed by atoms with Gasteiger partial charge >= 0.3 is 0 Å². The number of H-pyrrole nitrogens is 1. The van der Waals surface area contributed by atoms with Crippen LogP contribution in [0, 0.1) is 5.92 Å². The van der Waals surface area contributed by atoms with Gasteiger partial charge in [0.25, 0.3) is 5.56 Å². The van der Waals surface area contributed by atoms with Crippen LogP contribution in [-0.2, 0) is 13.0 Å². The van der Waals surface area contributed by atoms with Gasteiger partial charge in [-0.15, -0.1) is 10.2 Å². The lowest BCUT2D eigenvalue weighted by Crippen LogP contribution is -2.32. The minimum Gasteiger partial charge on any atom is -0.324 e. The highest BCUT2D eigenvalue weighted by atomic mass is 16.1. The number of hydrogen-bond acceptors (Lipinski definition) is 4. The van der Waals surface area contributed by atoms with Gasteiger partial charge in [-0.3, -0.25) is 9.20 Å². The van der Waals surface area contributed by atoms with Crippen LogP contribution in [0.4, 0.5) is 0 Å². The molecule has 3 aromatic rings. The van der Waals surface area contributed by atoms with E-state index in [2.05, 4.69) is 50.8 Å². The molecule has 1 aliphatic carbocycles. The third-order valence-electron chi connectivity index (χ3n) is 5.24. The molecule has 130 valence electrons. The van der Waals surface area contributed by atoms with Crippen molar-refractivity contribution in [2.24, 2.45) is 5.92 Å². The predicted octanol–water partition coefficient (Wildman–Crippen LogP) is 2.31. The van der Waals surface area contributed by atoms with Gasteiger partial charge in [-0.25, -0.2) is 0 Å². The van der Waals surface area contributed by atoms with Crippen molar-refractivity contribution in [1.82, 2.24) is 24.9 Å². The number of nitrogens with zero attached hydrogens (tertiary/aromatic N) is 3. The van der Waals surface area contributed by atoms with Crippen molar-refractivity contribution in [3.63, 3.8) is 0 Å². The van der Waals surface area contributed by atoms with Crippen LogP contribution in [0.3, 0.4) is 0 Å². The zero-order valence-corrected chi connectivity index (χ0v) is 14.2. The van der Waals surface area contributed by atoms with E-state index in [4.69, 9.17) is 0 Å². The molecule has 2 atom stereocenters. The van der Waals surface area contributed by atoms with Crippen molar-refractivity contribution in [2.75, 3.05) is 0 Å². The zero-order chi connectivity index (χ0) is 17.1. The summed E-state index contributed by atoms with van der Waals surface area (Å²) in [5.41, 5.74) is 1.56. The van der Waals surface area contributed by atoms with E-state index in [-0.39, 0.29) is 5.56 Å². The lowest BCUT2D eigenvalue weighted by molar-refractivity contribution is 0.374. The van der Waals surface area contributed by atoms with E-state index in [1.54, 1.807) is 16.8 Å². The average molecular weight is 337 g/mol. The number of aromatic nitrogens is 4. The van der Waals surface area contributed by atoms with E-state index in [0.29, 0.717) is 24.2 Å². The monoisotopic (exact) mass is 337 g/mol. The largest absolute Gasteiger partial charge is 0.324 e. The topological polar surface area (TPSA) is 75.1 Å². The molecule has 2 unspecified atom stereocenters. The van der Waals surface area contributed by atoms with Crippen molar-refractivity contribution in [3.05, 3.63) is 64.5 Å². The van der Waals surface area contributed by atoms with Gasteiger partial charge in [-0.1, -0.05) is 36.8 Å². The van der Waals surface area contributed by atoms with Crippen molar-refractivity contribution in [1.29, 1.82) is 0 Å². The summed E-state index contributed by atoms with van der Waals surface area (Å²) in [5.74, 6) is 1.48. The molecule has 0 saturated heterocycles. The third kappa shape index (κ3) is 3.49. The van der Waals surface area contributed by atoms with E-state index in [1.165, 1.54) is 31.2 Å². The molecule has 1 aromatic carbocycles. The maximum Gasteiger partial charge on any atom is 0.293 e. The minimum atomic E-state index is -0.206. The molecule has 6 nitrogen and oxygen atoms in total. The summed E-state index contributed by atoms with van der Waals surface area (Å²) in [6.07, 6.45) is 9.53. The van der Waals surface area contributed by atoms with Gasteiger partial charge < -0.3 is 10.3 Å². The van der Waals surface area contributed by atoms with Crippen LogP contribution in [0.25, 0.3) is 5.65 Å². The number of aryl methyl sites for hydroxylation is 1. The summed E-state index contributed by atoms with van der Waals surface area (Å²) in [6.45, 7) is 0.636. The Morgan fingerprint density at radius 3 is 2.96 bits per heavy atom. The minimum absolute atomic E-state index is 0.206. The summed E-state index contributed by atoms with van der Waals surface area (Å²) in [4.78, 5) is 14.4. The first kappa shape index (κ1) is 16.0. The molecular weight excluding hydrogens is 314 g/mol. The Kier molecular flexibility index (Phi) is 4.61. The second-order valence-corrected chi connectivity index (χ2v) is 6.80. The van der Waals surface area contributed by atoms with Gasteiger partial charge in [0.05, 0.1) is 6.54 Å². The van der Waals surface area contributed by atoms with Gasteiger partial charge in [0.1, 0.15) is 0 Å². The van der Waals surface area contributed by atoms with Gasteiger partial charge in [0.2, 0.25) is 5.65 Å². The molecule has 1 fully saturated rings. The summed E-state index contributed by atoms with van der Waals surface area (Å²) in [6, 6.07) is 11.2. The first-order chi connectivity index (χ1) is 12.3. The molecule has 2 N–H and O–H groups in total. The number of hydrogen-bond donors (Lipinski definition) is 2. The van der Waals surface area contributed by atoms with Crippen LogP contribution < -0.4 is 10.9 Å². The number of benzene rings is 1. The molecular formula is C19H23N5O. The Bertz CT molecular complexity index is 885. The van der Waals surface area contributed by atoms with Gasteiger partial charge in [0.15, 0.2) is 5.82 Å². The number of fused-ring (bicyclic) bond motifs is 1. The van der Waals surface area contributed by atoms with E-state index in [0.717, 1.165) is 12.2 Å². The summed E-state index contributed by atoms with van der Waals surface area (Å²) in [5, 5.41) is 11.8. The van der Waals surface area contributed by atoms with E-state index < -0.39 is 0 Å². The average Bonchev–Trinajstić information content (AvgIpc) is 3.26. The molecule has 2 heterocycles. The van der Waals surface area contributed by atoms with E-state index in [9.17, 15) is 4.79 Å².